The van der Waals surface area contributed by atoms with E-state index < -0.39 is 0 Å². The van der Waals surface area contributed by atoms with Crippen molar-refractivity contribution in [2.24, 2.45) is 11.8 Å². The van der Waals surface area contributed by atoms with E-state index in [9.17, 15) is 4.79 Å². The molecule has 2 unspecified atom stereocenters. The summed E-state index contributed by atoms with van der Waals surface area (Å²) < 4.78 is 5.11. The largest absolute Gasteiger partial charge is 0.384 e. The maximum atomic E-state index is 12.1. The van der Waals surface area contributed by atoms with Crippen molar-refractivity contribution in [3.63, 3.8) is 0 Å². The molecule has 0 aliphatic heterocycles. The lowest BCUT2D eigenvalue weighted by Gasteiger charge is -2.16. The van der Waals surface area contributed by atoms with E-state index in [1.807, 2.05) is 24.3 Å². The first-order valence-corrected chi connectivity index (χ1v) is 5.35. The Balaban J connectivity index is 2.20. The summed E-state index contributed by atoms with van der Waals surface area (Å²) in [5.41, 5.74) is 2.10. The molecule has 15 heavy (non-hydrogen) atoms. The van der Waals surface area contributed by atoms with Gasteiger partial charge in [-0.1, -0.05) is 31.2 Å². The lowest BCUT2D eigenvalue weighted by molar-refractivity contribution is 0.0811. The Morgan fingerprint density at radius 3 is 2.87 bits per heavy atom. The third kappa shape index (κ3) is 1.82. The molecule has 1 aliphatic rings. The quantitative estimate of drug-likeness (QED) is 0.755. The van der Waals surface area contributed by atoms with Gasteiger partial charge in [0.05, 0.1) is 0 Å². The number of benzene rings is 1. The fourth-order valence-corrected chi connectivity index (χ4v) is 2.31. The van der Waals surface area contributed by atoms with Crippen LogP contribution in [0.3, 0.4) is 0 Å². The Morgan fingerprint density at radius 1 is 1.47 bits per heavy atom. The number of rotatable bonds is 3. The van der Waals surface area contributed by atoms with Gasteiger partial charge in [0.25, 0.3) is 0 Å². The molecular weight excluding hydrogens is 188 g/mol. The molecule has 2 nitrogen and oxygen atoms in total. The maximum Gasteiger partial charge on any atom is 0.166 e. The van der Waals surface area contributed by atoms with Crippen LogP contribution in [0, 0.1) is 11.8 Å². The van der Waals surface area contributed by atoms with Crippen molar-refractivity contribution >= 4 is 5.78 Å². The fraction of sp³-hybridized carbons (Fsp3) is 0.462. The minimum atomic E-state index is 0.113. The van der Waals surface area contributed by atoms with Crippen molar-refractivity contribution < 1.29 is 9.53 Å². The molecule has 0 aromatic heterocycles. The predicted octanol–water partition coefficient (Wildman–Crippen LogP) is 2.32. The van der Waals surface area contributed by atoms with Gasteiger partial charge in [0, 0.05) is 25.2 Å². The average molecular weight is 204 g/mol. The minimum absolute atomic E-state index is 0.113. The molecule has 1 aromatic carbocycles. The molecule has 0 radical (unpaired) electrons. The van der Waals surface area contributed by atoms with Crippen LogP contribution in [0.15, 0.2) is 24.3 Å². The van der Waals surface area contributed by atoms with Crippen LogP contribution >= 0.6 is 0 Å². The molecule has 0 bridgehead atoms. The van der Waals surface area contributed by atoms with E-state index in [1.165, 1.54) is 5.56 Å². The number of fused-ring (bicyclic) bond motifs is 1. The fourth-order valence-electron chi connectivity index (χ4n) is 2.31. The van der Waals surface area contributed by atoms with E-state index in [2.05, 4.69) is 6.92 Å². The predicted molar refractivity (Wildman–Crippen MR) is 59.0 cm³/mol. The average Bonchev–Trinajstić information content (AvgIpc) is 2.57. The molecule has 80 valence electrons. The number of ketones is 1. The van der Waals surface area contributed by atoms with Crippen LogP contribution in [-0.4, -0.2) is 19.5 Å². The molecule has 2 rings (SSSR count). The first-order valence-electron chi connectivity index (χ1n) is 5.35. The Kier molecular flexibility index (Phi) is 2.87. The van der Waals surface area contributed by atoms with Crippen LogP contribution in [0.25, 0.3) is 0 Å². The first-order chi connectivity index (χ1) is 7.24. The normalized spacial score (nSPS) is 21.5. The zero-order valence-electron chi connectivity index (χ0n) is 9.19. The van der Waals surface area contributed by atoms with Crippen LogP contribution in [0.4, 0.5) is 0 Å². The Bertz CT molecular complexity index is 371. The molecule has 0 fully saturated rings. The zero-order valence-corrected chi connectivity index (χ0v) is 9.19. The first kappa shape index (κ1) is 10.4. The SMILES string of the molecule is COCC(C)C1Cc2ccccc2C1=O. The second-order valence-electron chi connectivity index (χ2n) is 4.26. The molecular formula is C13H16O2. The highest BCUT2D eigenvalue weighted by Crippen LogP contribution is 2.31. The van der Waals surface area contributed by atoms with Crippen molar-refractivity contribution in [1.29, 1.82) is 0 Å². The summed E-state index contributed by atoms with van der Waals surface area (Å²) in [6.07, 6.45) is 0.875. The van der Waals surface area contributed by atoms with Gasteiger partial charge in [-0.15, -0.1) is 0 Å². The summed E-state index contributed by atoms with van der Waals surface area (Å²) in [4.78, 5) is 12.1. The molecule has 1 aliphatic carbocycles. The van der Waals surface area contributed by atoms with Crippen LogP contribution < -0.4 is 0 Å². The number of ether oxygens (including phenoxy) is 1. The lowest BCUT2D eigenvalue weighted by atomic mass is 9.91. The lowest BCUT2D eigenvalue weighted by Crippen LogP contribution is -2.21. The minimum Gasteiger partial charge on any atom is -0.384 e. The van der Waals surface area contributed by atoms with E-state index in [1.54, 1.807) is 7.11 Å². The number of hydrogen-bond acceptors (Lipinski definition) is 2. The maximum absolute atomic E-state index is 12.1. The Hall–Kier alpha value is -1.15. The van der Waals surface area contributed by atoms with Gasteiger partial charge in [-0.2, -0.15) is 0 Å². The number of Topliss-reactive ketones (excluding diaryl/α,β-unsaturated/α-hetero) is 1. The van der Waals surface area contributed by atoms with E-state index >= 15 is 0 Å². The van der Waals surface area contributed by atoms with Gasteiger partial charge in [-0.25, -0.2) is 0 Å². The molecule has 0 saturated heterocycles. The van der Waals surface area contributed by atoms with Gasteiger partial charge in [-0.05, 0) is 17.9 Å². The van der Waals surface area contributed by atoms with Gasteiger partial charge in [0.1, 0.15) is 0 Å². The van der Waals surface area contributed by atoms with Gasteiger partial charge in [-0.3, -0.25) is 4.79 Å². The summed E-state index contributed by atoms with van der Waals surface area (Å²) >= 11 is 0. The number of methoxy groups -OCH3 is 1. The second-order valence-corrected chi connectivity index (χ2v) is 4.26. The number of hydrogen-bond donors (Lipinski definition) is 0. The number of carbonyl (C=O) groups is 1. The monoisotopic (exact) mass is 204 g/mol. The topological polar surface area (TPSA) is 26.3 Å². The van der Waals surface area contributed by atoms with Crippen molar-refractivity contribution in [2.75, 3.05) is 13.7 Å². The van der Waals surface area contributed by atoms with Crippen molar-refractivity contribution in [3.05, 3.63) is 35.4 Å². The molecule has 2 heteroatoms. The smallest absolute Gasteiger partial charge is 0.166 e. The molecule has 2 atom stereocenters. The highest BCUT2D eigenvalue weighted by atomic mass is 16.5. The van der Waals surface area contributed by atoms with E-state index in [4.69, 9.17) is 4.74 Å². The summed E-state index contributed by atoms with van der Waals surface area (Å²) in [7, 11) is 1.68. The second kappa shape index (κ2) is 4.15. The van der Waals surface area contributed by atoms with Gasteiger partial charge >= 0.3 is 0 Å². The molecule has 0 N–H and O–H groups in total. The van der Waals surface area contributed by atoms with E-state index in [0.29, 0.717) is 12.5 Å². The van der Waals surface area contributed by atoms with Crippen molar-refractivity contribution in [2.45, 2.75) is 13.3 Å². The third-order valence-corrected chi connectivity index (χ3v) is 3.18. The summed E-state index contributed by atoms with van der Waals surface area (Å²) in [6, 6.07) is 7.90. The van der Waals surface area contributed by atoms with E-state index in [0.717, 1.165) is 12.0 Å². The molecule has 0 amide bonds. The van der Waals surface area contributed by atoms with Crippen molar-refractivity contribution in [3.8, 4) is 0 Å². The zero-order chi connectivity index (χ0) is 10.8. The summed E-state index contributed by atoms with van der Waals surface area (Å²) in [5.74, 6) is 0.701. The Morgan fingerprint density at radius 2 is 2.20 bits per heavy atom. The third-order valence-electron chi connectivity index (χ3n) is 3.18. The van der Waals surface area contributed by atoms with E-state index in [-0.39, 0.29) is 11.7 Å². The van der Waals surface area contributed by atoms with Crippen molar-refractivity contribution in [1.82, 2.24) is 0 Å². The van der Waals surface area contributed by atoms with Crippen LogP contribution in [-0.2, 0) is 11.2 Å². The molecule has 0 saturated carbocycles. The highest BCUT2D eigenvalue weighted by molar-refractivity contribution is 6.02. The number of carbonyl (C=O) groups excluding carboxylic acids is 1. The highest BCUT2D eigenvalue weighted by Gasteiger charge is 2.33. The standard InChI is InChI=1S/C13H16O2/c1-9(8-15-2)12-7-10-5-3-4-6-11(10)13(12)14/h3-6,9,12H,7-8H2,1-2H3. The van der Waals surface area contributed by atoms with Crippen LogP contribution in [0.2, 0.25) is 0 Å². The summed E-state index contributed by atoms with van der Waals surface area (Å²) in [6.45, 7) is 2.74. The van der Waals surface area contributed by atoms with Gasteiger partial charge in [0.15, 0.2) is 5.78 Å². The van der Waals surface area contributed by atoms with Crippen LogP contribution in [0.5, 0.6) is 0 Å². The van der Waals surface area contributed by atoms with Crippen LogP contribution in [0.1, 0.15) is 22.8 Å². The molecule has 0 heterocycles. The van der Waals surface area contributed by atoms with Gasteiger partial charge in [0.2, 0.25) is 0 Å². The Labute approximate surface area is 90.3 Å². The van der Waals surface area contributed by atoms with Gasteiger partial charge < -0.3 is 4.74 Å². The molecule has 1 aromatic rings. The summed E-state index contributed by atoms with van der Waals surface area (Å²) in [5, 5.41) is 0. The molecule has 0 spiro atoms.